The molecule has 0 amide bonds. The zero-order valence-corrected chi connectivity index (χ0v) is 19.5. The van der Waals surface area contributed by atoms with Crippen molar-refractivity contribution < 1.29 is 4.74 Å². The van der Waals surface area contributed by atoms with Crippen LogP contribution in [0.4, 0.5) is 5.69 Å². The molecular formula is C26H35N5O. The summed E-state index contributed by atoms with van der Waals surface area (Å²) in [6, 6.07) is 20.0. The Balaban J connectivity index is 0.000000416. The molecule has 0 saturated carbocycles. The molecule has 1 atom stereocenters. The minimum Gasteiger partial charge on any atom is -0.378 e. The van der Waals surface area contributed by atoms with E-state index >= 15 is 0 Å². The van der Waals surface area contributed by atoms with E-state index in [0.29, 0.717) is 0 Å². The van der Waals surface area contributed by atoms with Gasteiger partial charge in [0.25, 0.3) is 0 Å². The highest BCUT2D eigenvalue weighted by Crippen LogP contribution is 2.28. The van der Waals surface area contributed by atoms with E-state index in [1.54, 1.807) is 0 Å². The van der Waals surface area contributed by atoms with Gasteiger partial charge in [-0.3, -0.25) is 0 Å². The largest absolute Gasteiger partial charge is 0.378 e. The average molecular weight is 434 g/mol. The molecule has 0 radical (unpaired) electrons. The van der Waals surface area contributed by atoms with E-state index in [4.69, 9.17) is 4.74 Å². The van der Waals surface area contributed by atoms with E-state index in [1.807, 2.05) is 0 Å². The standard InChI is InChI=1S/C23H32N2O.C3H3N3/c1-4-23(24(2)3,18-20-8-6-5-7-9-20)19-21-10-12-22(13-11-21)25-14-16-26-17-15-25;1-4-2-6-3-5-1/h5-13H,4,14-19H2,1-3H3;1-3H. The zero-order chi connectivity index (χ0) is 22.7. The quantitative estimate of drug-likeness (QED) is 0.563. The fourth-order valence-electron chi connectivity index (χ4n) is 4.15. The Morgan fingerprint density at radius 3 is 1.81 bits per heavy atom. The average Bonchev–Trinajstić information content (AvgIpc) is 2.86. The van der Waals surface area contributed by atoms with E-state index in [2.05, 4.69) is 100 Å². The highest BCUT2D eigenvalue weighted by molar-refractivity contribution is 5.48. The van der Waals surface area contributed by atoms with Gasteiger partial charge in [0.1, 0.15) is 19.0 Å². The van der Waals surface area contributed by atoms with Gasteiger partial charge in [-0.1, -0.05) is 49.4 Å². The number of nitrogens with zero attached hydrogens (tertiary/aromatic N) is 5. The molecule has 3 aromatic rings. The lowest BCUT2D eigenvalue weighted by Crippen LogP contribution is -2.47. The first-order valence-electron chi connectivity index (χ1n) is 11.3. The van der Waals surface area contributed by atoms with Gasteiger partial charge in [0.2, 0.25) is 0 Å². The number of hydrogen-bond donors (Lipinski definition) is 0. The Morgan fingerprint density at radius 1 is 0.812 bits per heavy atom. The van der Waals surface area contributed by atoms with Gasteiger partial charge < -0.3 is 14.5 Å². The zero-order valence-electron chi connectivity index (χ0n) is 19.5. The van der Waals surface area contributed by atoms with Crippen molar-refractivity contribution in [3.63, 3.8) is 0 Å². The maximum absolute atomic E-state index is 5.46. The molecule has 2 heterocycles. The van der Waals surface area contributed by atoms with E-state index in [9.17, 15) is 0 Å². The van der Waals surface area contributed by atoms with Crippen LogP contribution in [0.1, 0.15) is 24.5 Å². The van der Waals surface area contributed by atoms with Gasteiger partial charge >= 0.3 is 0 Å². The normalized spacial score (nSPS) is 15.6. The van der Waals surface area contributed by atoms with Crippen LogP contribution < -0.4 is 4.90 Å². The summed E-state index contributed by atoms with van der Waals surface area (Å²) in [5.41, 5.74) is 4.27. The molecule has 0 N–H and O–H groups in total. The predicted octanol–water partition coefficient (Wildman–Crippen LogP) is 3.89. The SMILES string of the molecule is CCC(Cc1ccccc1)(Cc1ccc(N2CCOCC2)cc1)N(C)C.c1ncncn1. The molecule has 0 bridgehead atoms. The Bertz CT molecular complexity index is 856. The van der Waals surface area contributed by atoms with Crippen molar-refractivity contribution >= 4 is 5.69 Å². The van der Waals surface area contributed by atoms with E-state index in [-0.39, 0.29) is 5.54 Å². The molecule has 6 nitrogen and oxygen atoms in total. The summed E-state index contributed by atoms with van der Waals surface area (Å²) >= 11 is 0. The van der Waals surface area contributed by atoms with Crippen molar-refractivity contribution in [2.45, 2.75) is 31.7 Å². The fourth-order valence-corrected chi connectivity index (χ4v) is 4.15. The van der Waals surface area contributed by atoms with E-state index in [0.717, 1.165) is 45.6 Å². The predicted molar refractivity (Wildman–Crippen MR) is 130 cm³/mol. The van der Waals surface area contributed by atoms with E-state index < -0.39 is 0 Å². The van der Waals surface area contributed by atoms with Crippen molar-refractivity contribution in [2.24, 2.45) is 0 Å². The van der Waals surface area contributed by atoms with Crippen LogP contribution in [0, 0.1) is 0 Å². The number of morpholine rings is 1. The number of benzene rings is 2. The van der Waals surface area contributed by atoms with Crippen LogP contribution in [0.3, 0.4) is 0 Å². The van der Waals surface area contributed by atoms with Crippen LogP contribution in [0.15, 0.2) is 73.6 Å². The Hall–Kier alpha value is -2.83. The lowest BCUT2D eigenvalue weighted by atomic mass is 9.81. The second-order valence-electron chi connectivity index (χ2n) is 8.37. The number of likely N-dealkylation sites (N-methyl/N-ethyl adjacent to an activating group) is 1. The summed E-state index contributed by atoms with van der Waals surface area (Å²) in [5.74, 6) is 0. The monoisotopic (exact) mass is 433 g/mol. The highest BCUT2D eigenvalue weighted by Gasteiger charge is 2.31. The molecule has 1 saturated heterocycles. The van der Waals surface area contributed by atoms with Gasteiger partial charge in [-0.25, -0.2) is 15.0 Å². The molecule has 6 heteroatoms. The van der Waals surface area contributed by atoms with Crippen molar-refractivity contribution in [1.29, 1.82) is 0 Å². The van der Waals surface area contributed by atoms with Crippen molar-refractivity contribution in [3.8, 4) is 0 Å². The Kier molecular flexibility index (Phi) is 9.13. The van der Waals surface area contributed by atoms with Crippen LogP contribution in [0.25, 0.3) is 0 Å². The lowest BCUT2D eigenvalue weighted by Gasteiger charge is -2.40. The first-order valence-corrected chi connectivity index (χ1v) is 11.3. The summed E-state index contributed by atoms with van der Waals surface area (Å²) in [4.78, 5) is 15.5. The lowest BCUT2D eigenvalue weighted by molar-refractivity contribution is 0.122. The van der Waals surface area contributed by atoms with Crippen molar-refractivity contribution in [1.82, 2.24) is 19.9 Å². The van der Waals surface area contributed by atoms with Gasteiger partial charge in [0, 0.05) is 24.3 Å². The van der Waals surface area contributed by atoms with Gasteiger partial charge in [-0.05, 0) is 56.6 Å². The third kappa shape index (κ3) is 6.84. The topological polar surface area (TPSA) is 54.4 Å². The molecule has 1 aromatic heterocycles. The van der Waals surface area contributed by atoms with Gasteiger partial charge in [0.15, 0.2) is 0 Å². The molecule has 32 heavy (non-hydrogen) atoms. The second kappa shape index (κ2) is 12.3. The number of hydrogen-bond acceptors (Lipinski definition) is 6. The number of anilines is 1. The second-order valence-corrected chi connectivity index (χ2v) is 8.37. The maximum atomic E-state index is 5.46. The molecule has 0 aliphatic carbocycles. The summed E-state index contributed by atoms with van der Waals surface area (Å²) in [6.45, 7) is 5.95. The highest BCUT2D eigenvalue weighted by atomic mass is 16.5. The van der Waals surface area contributed by atoms with Crippen LogP contribution in [-0.2, 0) is 17.6 Å². The summed E-state index contributed by atoms with van der Waals surface area (Å²) in [7, 11) is 4.43. The first-order chi connectivity index (χ1) is 15.6. The molecule has 1 aliphatic heterocycles. The van der Waals surface area contributed by atoms with Crippen LogP contribution in [0.5, 0.6) is 0 Å². The molecule has 170 valence electrons. The van der Waals surface area contributed by atoms with Gasteiger partial charge in [0.05, 0.1) is 13.2 Å². The van der Waals surface area contributed by atoms with Gasteiger partial charge in [-0.15, -0.1) is 0 Å². The van der Waals surface area contributed by atoms with Crippen molar-refractivity contribution in [2.75, 3.05) is 45.3 Å². The number of ether oxygens (including phenoxy) is 1. The van der Waals surface area contributed by atoms with Crippen LogP contribution >= 0.6 is 0 Å². The molecule has 2 aromatic carbocycles. The first kappa shape index (κ1) is 23.8. The molecule has 1 fully saturated rings. The van der Waals surface area contributed by atoms with Gasteiger partial charge in [-0.2, -0.15) is 0 Å². The number of aromatic nitrogens is 3. The minimum absolute atomic E-state index is 0.141. The molecule has 1 unspecified atom stereocenters. The minimum atomic E-state index is 0.141. The fraction of sp³-hybridized carbons (Fsp3) is 0.423. The third-order valence-corrected chi connectivity index (χ3v) is 6.23. The number of rotatable bonds is 7. The summed E-state index contributed by atoms with van der Waals surface area (Å²) in [6.07, 6.45) is 7.57. The Labute approximate surface area is 192 Å². The van der Waals surface area contributed by atoms with Crippen LogP contribution in [-0.4, -0.2) is 65.8 Å². The summed E-state index contributed by atoms with van der Waals surface area (Å²) < 4.78 is 5.46. The van der Waals surface area contributed by atoms with Crippen LogP contribution in [0.2, 0.25) is 0 Å². The smallest absolute Gasteiger partial charge is 0.119 e. The third-order valence-electron chi connectivity index (χ3n) is 6.23. The Morgan fingerprint density at radius 2 is 1.34 bits per heavy atom. The molecule has 0 spiro atoms. The maximum Gasteiger partial charge on any atom is 0.119 e. The van der Waals surface area contributed by atoms with E-state index in [1.165, 1.54) is 35.8 Å². The molecule has 4 rings (SSSR count). The molecular weight excluding hydrogens is 398 g/mol. The van der Waals surface area contributed by atoms with Crippen molar-refractivity contribution in [3.05, 3.63) is 84.7 Å². The summed E-state index contributed by atoms with van der Waals surface area (Å²) in [5, 5.41) is 0. The molecule has 1 aliphatic rings.